The number of carbonyl (C=O) groups is 2. The maximum atomic E-state index is 13.1. The van der Waals surface area contributed by atoms with Gasteiger partial charge in [-0.1, -0.05) is 66.8 Å². The monoisotopic (exact) mass is 500 g/mol. The summed E-state index contributed by atoms with van der Waals surface area (Å²) in [6, 6.07) is 12.0. The van der Waals surface area contributed by atoms with Crippen LogP contribution in [0.4, 0.5) is 0 Å². The summed E-state index contributed by atoms with van der Waals surface area (Å²) in [4.78, 5) is 27.3. The molecule has 1 atom stereocenters. The summed E-state index contributed by atoms with van der Waals surface area (Å²) < 4.78 is 0. The van der Waals surface area contributed by atoms with Crippen LogP contribution in [0.5, 0.6) is 0 Å². The highest BCUT2D eigenvalue weighted by Gasteiger charge is 2.26. The lowest BCUT2D eigenvalue weighted by Crippen LogP contribution is -2.48. The number of halogens is 3. The molecule has 1 N–H and O–H groups in total. The van der Waals surface area contributed by atoms with Crippen LogP contribution in [-0.2, 0) is 21.9 Å². The molecule has 0 bridgehead atoms. The minimum absolute atomic E-state index is 0.129. The number of carbonyl (C=O) groups excluding carboxylic acids is 2. The Balaban J connectivity index is 2.09. The fraction of sp³-hybridized carbons (Fsp3) is 0.391. The van der Waals surface area contributed by atoms with Gasteiger partial charge in [0, 0.05) is 33.9 Å². The zero-order valence-electron chi connectivity index (χ0n) is 17.8. The van der Waals surface area contributed by atoms with Crippen molar-refractivity contribution in [2.75, 3.05) is 12.3 Å². The highest BCUT2D eigenvalue weighted by molar-refractivity contribution is 7.99. The first-order chi connectivity index (χ1) is 14.7. The van der Waals surface area contributed by atoms with E-state index >= 15 is 0 Å². The number of amides is 2. The summed E-state index contributed by atoms with van der Waals surface area (Å²) in [5, 5.41) is 4.69. The van der Waals surface area contributed by atoms with Crippen molar-refractivity contribution in [2.24, 2.45) is 5.92 Å². The first-order valence-corrected chi connectivity index (χ1v) is 12.3. The average molecular weight is 502 g/mol. The van der Waals surface area contributed by atoms with Gasteiger partial charge in [0.1, 0.15) is 6.04 Å². The fourth-order valence-electron chi connectivity index (χ4n) is 2.82. The second-order valence-corrected chi connectivity index (χ2v) is 9.89. The lowest BCUT2D eigenvalue weighted by Gasteiger charge is -2.29. The molecule has 31 heavy (non-hydrogen) atoms. The Bertz CT molecular complexity index is 871. The molecule has 0 aliphatic heterocycles. The van der Waals surface area contributed by atoms with Gasteiger partial charge in [-0.2, -0.15) is 0 Å². The lowest BCUT2D eigenvalue weighted by atomic mass is 10.1. The predicted octanol–water partition coefficient (Wildman–Crippen LogP) is 6.07. The van der Waals surface area contributed by atoms with E-state index < -0.39 is 6.04 Å². The first-order valence-electron chi connectivity index (χ1n) is 10.0. The van der Waals surface area contributed by atoms with E-state index in [-0.39, 0.29) is 17.6 Å². The van der Waals surface area contributed by atoms with Crippen LogP contribution in [0.2, 0.25) is 15.1 Å². The number of benzene rings is 2. The molecule has 0 saturated carbocycles. The number of rotatable bonds is 10. The molecule has 0 fully saturated rings. The van der Waals surface area contributed by atoms with Gasteiger partial charge < -0.3 is 10.2 Å². The molecule has 0 heterocycles. The Morgan fingerprint density at radius 2 is 1.61 bits per heavy atom. The zero-order valence-corrected chi connectivity index (χ0v) is 20.9. The quantitative estimate of drug-likeness (QED) is 0.430. The van der Waals surface area contributed by atoms with Gasteiger partial charge in [0.25, 0.3) is 0 Å². The van der Waals surface area contributed by atoms with Crippen LogP contribution < -0.4 is 5.32 Å². The maximum Gasteiger partial charge on any atom is 0.242 e. The third kappa shape index (κ3) is 8.23. The van der Waals surface area contributed by atoms with E-state index in [1.54, 1.807) is 42.2 Å². The molecule has 0 aromatic heterocycles. The predicted molar refractivity (Wildman–Crippen MR) is 132 cm³/mol. The Morgan fingerprint density at radius 3 is 2.19 bits per heavy atom. The van der Waals surface area contributed by atoms with Crippen molar-refractivity contribution in [3.63, 3.8) is 0 Å². The van der Waals surface area contributed by atoms with Crippen LogP contribution in [0.25, 0.3) is 0 Å². The fourth-order valence-corrected chi connectivity index (χ4v) is 4.59. The molecule has 168 valence electrons. The molecule has 0 radical (unpaired) electrons. The number of hydrogen-bond acceptors (Lipinski definition) is 3. The van der Waals surface area contributed by atoms with E-state index in [9.17, 15) is 9.59 Å². The van der Waals surface area contributed by atoms with E-state index in [4.69, 9.17) is 34.8 Å². The average Bonchev–Trinajstić information content (AvgIpc) is 2.73. The summed E-state index contributed by atoms with van der Waals surface area (Å²) in [5.41, 5.74) is 1.70. The molecule has 0 aliphatic rings. The minimum atomic E-state index is -0.605. The molecule has 0 unspecified atom stereocenters. The molecule has 4 nitrogen and oxygen atoms in total. The van der Waals surface area contributed by atoms with Gasteiger partial charge in [-0.25, -0.2) is 0 Å². The third-order valence-corrected chi connectivity index (χ3v) is 6.56. The molecule has 2 rings (SSSR count). The molecule has 0 spiro atoms. The molecule has 2 amide bonds. The second kappa shape index (κ2) is 12.6. The topological polar surface area (TPSA) is 49.4 Å². The van der Waals surface area contributed by atoms with Crippen molar-refractivity contribution in [1.29, 1.82) is 0 Å². The van der Waals surface area contributed by atoms with Gasteiger partial charge >= 0.3 is 0 Å². The van der Waals surface area contributed by atoms with Crippen molar-refractivity contribution in [3.8, 4) is 0 Å². The summed E-state index contributed by atoms with van der Waals surface area (Å²) in [6.45, 7) is 6.68. The van der Waals surface area contributed by atoms with Crippen molar-refractivity contribution in [2.45, 2.75) is 39.1 Å². The standard InChI is InChI=1S/C23H27Cl3N2O2S/c1-15(2)11-27-23(30)16(3)28(12-17-7-9-18(24)10-8-17)22(29)14-31-13-19-20(25)5-4-6-21(19)26/h4-10,15-16H,11-14H2,1-3H3,(H,27,30)/t16-/m0/s1. The van der Waals surface area contributed by atoms with E-state index in [2.05, 4.69) is 5.32 Å². The molecule has 0 saturated heterocycles. The van der Waals surface area contributed by atoms with E-state index in [0.717, 1.165) is 11.1 Å². The smallest absolute Gasteiger partial charge is 0.242 e. The molecule has 2 aromatic carbocycles. The summed E-state index contributed by atoms with van der Waals surface area (Å²) >= 11 is 19.8. The van der Waals surface area contributed by atoms with E-state index in [1.807, 2.05) is 26.0 Å². The second-order valence-electron chi connectivity index (χ2n) is 7.66. The molecular weight excluding hydrogens is 475 g/mol. The number of hydrogen-bond donors (Lipinski definition) is 1. The summed E-state index contributed by atoms with van der Waals surface area (Å²) in [7, 11) is 0. The highest BCUT2D eigenvalue weighted by atomic mass is 35.5. The Kier molecular flexibility index (Phi) is 10.5. The van der Waals surface area contributed by atoms with Gasteiger partial charge in [0.2, 0.25) is 11.8 Å². The van der Waals surface area contributed by atoms with Crippen molar-refractivity contribution in [3.05, 3.63) is 68.7 Å². The van der Waals surface area contributed by atoms with Crippen LogP contribution in [0.15, 0.2) is 42.5 Å². The summed E-state index contributed by atoms with van der Waals surface area (Å²) in [5.74, 6) is 0.738. The lowest BCUT2D eigenvalue weighted by molar-refractivity contribution is -0.138. The van der Waals surface area contributed by atoms with Crippen LogP contribution >= 0.6 is 46.6 Å². The molecule has 8 heteroatoms. The van der Waals surface area contributed by atoms with Gasteiger partial charge in [-0.3, -0.25) is 9.59 Å². The normalized spacial score (nSPS) is 12.0. The number of thioether (sulfide) groups is 1. The minimum Gasteiger partial charge on any atom is -0.354 e. The van der Waals surface area contributed by atoms with E-state index in [0.29, 0.717) is 39.8 Å². The van der Waals surface area contributed by atoms with Crippen LogP contribution in [0.3, 0.4) is 0 Å². The van der Waals surface area contributed by atoms with Crippen molar-refractivity contribution in [1.82, 2.24) is 10.2 Å². The molecule has 0 aliphatic carbocycles. The van der Waals surface area contributed by atoms with Crippen molar-refractivity contribution >= 4 is 58.4 Å². The van der Waals surface area contributed by atoms with Crippen LogP contribution in [0.1, 0.15) is 31.9 Å². The largest absolute Gasteiger partial charge is 0.354 e. The molecular formula is C23H27Cl3N2O2S. The van der Waals surface area contributed by atoms with Gasteiger partial charge in [-0.15, -0.1) is 11.8 Å². The highest BCUT2D eigenvalue weighted by Crippen LogP contribution is 2.28. The maximum absolute atomic E-state index is 13.1. The van der Waals surface area contributed by atoms with Crippen LogP contribution in [-0.4, -0.2) is 35.1 Å². The van der Waals surface area contributed by atoms with Gasteiger partial charge in [0.05, 0.1) is 5.75 Å². The van der Waals surface area contributed by atoms with E-state index in [1.165, 1.54) is 11.8 Å². The molecule has 2 aromatic rings. The number of nitrogens with one attached hydrogen (secondary N) is 1. The van der Waals surface area contributed by atoms with Gasteiger partial charge in [0.15, 0.2) is 0 Å². The van der Waals surface area contributed by atoms with Crippen molar-refractivity contribution < 1.29 is 9.59 Å². The SMILES string of the molecule is CC(C)CNC(=O)[C@H](C)N(Cc1ccc(Cl)cc1)C(=O)CSCc1c(Cl)cccc1Cl. The Morgan fingerprint density at radius 1 is 1.00 bits per heavy atom. The third-order valence-electron chi connectivity index (χ3n) is 4.65. The number of nitrogens with zero attached hydrogens (tertiary/aromatic N) is 1. The summed E-state index contributed by atoms with van der Waals surface area (Å²) in [6.07, 6.45) is 0. The van der Waals surface area contributed by atoms with Crippen LogP contribution in [0, 0.1) is 5.92 Å². The Hall–Kier alpha value is -1.40. The zero-order chi connectivity index (χ0) is 23.0. The first kappa shape index (κ1) is 25.9. The Labute approximate surface area is 203 Å². The van der Waals surface area contributed by atoms with Gasteiger partial charge in [-0.05, 0) is 48.2 Å².